The molecular formula is C14H11N3OS2. The summed E-state index contributed by atoms with van der Waals surface area (Å²) in [6.45, 7) is 1.99. The van der Waals surface area contributed by atoms with Crippen molar-refractivity contribution in [3.63, 3.8) is 0 Å². The van der Waals surface area contributed by atoms with Gasteiger partial charge in [0.25, 0.3) is 5.56 Å². The minimum Gasteiger partial charge on any atom is -0.282 e. The molecule has 0 unspecified atom stereocenters. The minimum absolute atomic E-state index is 0.0463. The molecule has 0 amide bonds. The lowest BCUT2D eigenvalue weighted by Crippen LogP contribution is -2.24. The van der Waals surface area contributed by atoms with Crippen LogP contribution in [0.4, 0.5) is 0 Å². The maximum absolute atomic E-state index is 12.7. The van der Waals surface area contributed by atoms with Gasteiger partial charge in [0.15, 0.2) is 0 Å². The normalized spacial score (nSPS) is 10.8. The summed E-state index contributed by atoms with van der Waals surface area (Å²) in [7, 11) is 0. The van der Waals surface area contributed by atoms with E-state index in [2.05, 4.69) is 4.98 Å². The Kier molecular flexibility index (Phi) is 3.38. The highest BCUT2D eigenvalue weighted by Crippen LogP contribution is 2.33. The van der Waals surface area contributed by atoms with Gasteiger partial charge in [0.05, 0.1) is 11.5 Å². The number of rotatable bonds is 3. The van der Waals surface area contributed by atoms with Crippen molar-refractivity contribution in [2.24, 2.45) is 0 Å². The Morgan fingerprint density at radius 3 is 2.95 bits per heavy atom. The molecule has 0 aliphatic carbocycles. The first kappa shape index (κ1) is 13.0. The van der Waals surface area contributed by atoms with E-state index in [0.29, 0.717) is 17.6 Å². The Morgan fingerprint density at radius 2 is 2.30 bits per heavy atom. The molecule has 3 aromatic heterocycles. The third kappa shape index (κ3) is 1.96. The molecule has 0 aliphatic heterocycles. The fourth-order valence-electron chi connectivity index (χ4n) is 2.18. The van der Waals surface area contributed by atoms with Crippen LogP contribution in [-0.4, -0.2) is 9.55 Å². The van der Waals surface area contributed by atoms with E-state index in [1.165, 1.54) is 15.9 Å². The van der Waals surface area contributed by atoms with Crippen molar-refractivity contribution in [2.75, 3.05) is 0 Å². The standard InChI is InChI=1S/C14H11N3OS2/c1-2-11-16-13-12(14(18)17(11)6-5-15)9(8-20-13)10-4-3-7-19-10/h3-4,7-8H,2,6H2,1H3. The van der Waals surface area contributed by atoms with Crippen LogP contribution in [-0.2, 0) is 13.0 Å². The van der Waals surface area contributed by atoms with Crippen molar-refractivity contribution in [1.29, 1.82) is 5.26 Å². The molecule has 6 heteroatoms. The van der Waals surface area contributed by atoms with E-state index >= 15 is 0 Å². The lowest BCUT2D eigenvalue weighted by molar-refractivity contribution is 0.707. The molecular weight excluding hydrogens is 290 g/mol. The molecule has 3 rings (SSSR count). The van der Waals surface area contributed by atoms with E-state index in [9.17, 15) is 4.79 Å². The Balaban J connectivity index is 2.36. The molecule has 3 heterocycles. The van der Waals surface area contributed by atoms with Crippen LogP contribution in [0.2, 0.25) is 0 Å². The van der Waals surface area contributed by atoms with E-state index < -0.39 is 0 Å². The molecule has 0 N–H and O–H groups in total. The summed E-state index contributed by atoms with van der Waals surface area (Å²) in [5, 5.41) is 13.5. The molecule has 100 valence electrons. The molecule has 3 aromatic rings. The van der Waals surface area contributed by atoms with Gasteiger partial charge < -0.3 is 0 Å². The highest BCUT2D eigenvalue weighted by molar-refractivity contribution is 7.18. The van der Waals surface area contributed by atoms with Crippen LogP contribution < -0.4 is 5.56 Å². The number of nitriles is 1. The molecule has 0 aromatic carbocycles. The Bertz CT molecular complexity index is 853. The Hall–Kier alpha value is -1.97. The van der Waals surface area contributed by atoms with Crippen LogP contribution in [0.3, 0.4) is 0 Å². The van der Waals surface area contributed by atoms with Gasteiger partial charge in [-0.25, -0.2) is 4.98 Å². The molecule has 0 fully saturated rings. The maximum atomic E-state index is 12.7. The zero-order chi connectivity index (χ0) is 14.1. The minimum atomic E-state index is -0.113. The second-order valence-electron chi connectivity index (χ2n) is 4.24. The summed E-state index contributed by atoms with van der Waals surface area (Å²) in [5.41, 5.74) is 0.810. The van der Waals surface area contributed by atoms with Crippen LogP contribution in [0.1, 0.15) is 12.7 Å². The first-order valence-electron chi connectivity index (χ1n) is 6.18. The maximum Gasteiger partial charge on any atom is 0.263 e. The van der Waals surface area contributed by atoms with Gasteiger partial charge in [-0.1, -0.05) is 13.0 Å². The van der Waals surface area contributed by atoms with E-state index in [4.69, 9.17) is 5.26 Å². The van der Waals surface area contributed by atoms with E-state index in [1.54, 1.807) is 11.3 Å². The zero-order valence-corrected chi connectivity index (χ0v) is 12.4. The predicted octanol–water partition coefficient (Wildman–Crippen LogP) is 3.27. The van der Waals surface area contributed by atoms with Crippen molar-refractivity contribution in [3.05, 3.63) is 39.1 Å². The van der Waals surface area contributed by atoms with E-state index in [0.717, 1.165) is 15.3 Å². The van der Waals surface area contributed by atoms with Gasteiger partial charge in [0.1, 0.15) is 17.2 Å². The van der Waals surface area contributed by atoms with Gasteiger partial charge in [0, 0.05) is 22.2 Å². The lowest BCUT2D eigenvalue weighted by atomic mass is 10.2. The quantitative estimate of drug-likeness (QED) is 0.746. The Labute approximate surface area is 123 Å². The van der Waals surface area contributed by atoms with Crippen LogP contribution in [0.15, 0.2) is 27.7 Å². The highest BCUT2D eigenvalue weighted by atomic mass is 32.1. The molecule has 0 spiro atoms. The fraction of sp³-hybridized carbons (Fsp3) is 0.214. The lowest BCUT2D eigenvalue weighted by Gasteiger charge is -2.07. The summed E-state index contributed by atoms with van der Waals surface area (Å²) in [4.78, 5) is 19.0. The average molecular weight is 301 g/mol. The first-order valence-corrected chi connectivity index (χ1v) is 7.94. The zero-order valence-electron chi connectivity index (χ0n) is 10.8. The molecule has 0 atom stereocenters. The van der Waals surface area contributed by atoms with Gasteiger partial charge in [-0.3, -0.25) is 9.36 Å². The number of aromatic nitrogens is 2. The molecule has 0 aliphatic rings. The van der Waals surface area contributed by atoms with Gasteiger partial charge in [-0.2, -0.15) is 5.26 Å². The summed E-state index contributed by atoms with van der Waals surface area (Å²) in [5.74, 6) is 0.670. The number of hydrogen-bond acceptors (Lipinski definition) is 5. The van der Waals surface area contributed by atoms with E-state index in [1.807, 2.05) is 35.9 Å². The van der Waals surface area contributed by atoms with Gasteiger partial charge in [-0.05, 0) is 11.4 Å². The van der Waals surface area contributed by atoms with Crippen LogP contribution in [0.25, 0.3) is 20.7 Å². The summed E-state index contributed by atoms with van der Waals surface area (Å²) in [6.07, 6.45) is 0.638. The molecule has 0 radical (unpaired) electrons. The number of nitrogens with zero attached hydrogens (tertiary/aromatic N) is 3. The smallest absolute Gasteiger partial charge is 0.263 e. The van der Waals surface area contributed by atoms with Crippen LogP contribution in [0, 0.1) is 11.3 Å². The van der Waals surface area contributed by atoms with Gasteiger partial charge >= 0.3 is 0 Å². The molecule has 0 saturated carbocycles. The second kappa shape index (κ2) is 5.19. The molecule has 0 saturated heterocycles. The van der Waals surface area contributed by atoms with Crippen molar-refractivity contribution in [2.45, 2.75) is 19.9 Å². The number of thiophene rings is 2. The van der Waals surface area contributed by atoms with Crippen LogP contribution >= 0.6 is 22.7 Å². The number of hydrogen-bond donors (Lipinski definition) is 0. The van der Waals surface area contributed by atoms with Gasteiger partial charge in [-0.15, -0.1) is 22.7 Å². The predicted molar refractivity (Wildman–Crippen MR) is 82.2 cm³/mol. The summed E-state index contributed by atoms with van der Waals surface area (Å²) >= 11 is 3.08. The van der Waals surface area contributed by atoms with E-state index in [-0.39, 0.29) is 12.1 Å². The van der Waals surface area contributed by atoms with Crippen molar-refractivity contribution in [3.8, 4) is 16.5 Å². The highest BCUT2D eigenvalue weighted by Gasteiger charge is 2.16. The summed E-state index contributed by atoms with van der Waals surface area (Å²) < 4.78 is 1.48. The molecule has 4 nitrogen and oxygen atoms in total. The monoisotopic (exact) mass is 301 g/mol. The second-order valence-corrected chi connectivity index (χ2v) is 6.04. The van der Waals surface area contributed by atoms with Gasteiger partial charge in [0.2, 0.25) is 0 Å². The number of aryl methyl sites for hydroxylation is 1. The van der Waals surface area contributed by atoms with Crippen molar-refractivity contribution in [1.82, 2.24) is 9.55 Å². The fourth-order valence-corrected chi connectivity index (χ4v) is 3.95. The van der Waals surface area contributed by atoms with Crippen LogP contribution in [0.5, 0.6) is 0 Å². The summed E-state index contributed by atoms with van der Waals surface area (Å²) in [6, 6.07) is 6.00. The topological polar surface area (TPSA) is 58.7 Å². The Morgan fingerprint density at radius 1 is 1.45 bits per heavy atom. The molecule has 20 heavy (non-hydrogen) atoms. The molecule has 0 bridgehead atoms. The van der Waals surface area contributed by atoms with Crippen molar-refractivity contribution >= 4 is 32.9 Å². The third-order valence-electron chi connectivity index (χ3n) is 3.10. The SMILES string of the molecule is CCc1nc2scc(-c3cccs3)c2c(=O)n1CC#N. The van der Waals surface area contributed by atoms with Crippen molar-refractivity contribution < 1.29 is 0 Å². The largest absolute Gasteiger partial charge is 0.282 e. The first-order chi connectivity index (χ1) is 9.76. The number of fused-ring (bicyclic) bond motifs is 1. The third-order valence-corrected chi connectivity index (χ3v) is 4.88. The average Bonchev–Trinajstić information content (AvgIpc) is 3.09.